The summed E-state index contributed by atoms with van der Waals surface area (Å²) in [7, 11) is 0. The molecule has 0 bridgehead atoms. The number of halogens is 3. The molecule has 0 saturated heterocycles. The summed E-state index contributed by atoms with van der Waals surface area (Å²) in [5.74, 6) is 0.332. The van der Waals surface area contributed by atoms with Crippen LogP contribution in [0.3, 0.4) is 0 Å². The van der Waals surface area contributed by atoms with E-state index >= 15 is 0 Å². The van der Waals surface area contributed by atoms with Crippen LogP contribution >= 0.6 is 0 Å². The normalized spacial score (nSPS) is 15.4. The smallest absolute Gasteiger partial charge is 0.426 e. The molecule has 1 aromatic carbocycles. The lowest BCUT2D eigenvalue weighted by Gasteiger charge is -2.28. The number of rotatable bonds is 8. The van der Waals surface area contributed by atoms with Gasteiger partial charge in [0.2, 0.25) is 0 Å². The number of hydrogen-bond donors (Lipinski definition) is 3. The summed E-state index contributed by atoms with van der Waals surface area (Å²) in [6.07, 6.45) is -3.57. The molecule has 1 unspecified atom stereocenters. The predicted octanol–water partition coefficient (Wildman–Crippen LogP) is 3.81. The summed E-state index contributed by atoms with van der Waals surface area (Å²) in [6, 6.07) is 2.78. The minimum absolute atomic E-state index is 0.00405. The molecular weight excluding hydrogens is 339 g/mol. The summed E-state index contributed by atoms with van der Waals surface area (Å²) in [5.41, 5.74) is 1.44. The second-order valence-electron chi connectivity index (χ2n) is 6.07. The number of carbonyl (C=O) groups is 2. The molecule has 138 valence electrons. The molecule has 25 heavy (non-hydrogen) atoms. The monoisotopic (exact) mass is 359 g/mol. The van der Waals surface area contributed by atoms with Crippen molar-refractivity contribution < 1.29 is 27.9 Å². The van der Waals surface area contributed by atoms with Crippen LogP contribution in [0.4, 0.5) is 29.3 Å². The Morgan fingerprint density at radius 1 is 1.44 bits per heavy atom. The molecule has 2 rings (SSSR count). The zero-order chi connectivity index (χ0) is 18.6. The highest BCUT2D eigenvalue weighted by molar-refractivity contribution is 5.76. The molecule has 0 aliphatic heterocycles. The van der Waals surface area contributed by atoms with Crippen LogP contribution in [0.25, 0.3) is 0 Å². The van der Waals surface area contributed by atoms with Crippen LogP contribution in [0.5, 0.6) is 0 Å². The Balaban J connectivity index is 2.33. The van der Waals surface area contributed by atoms with Gasteiger partial charge < -0.3 is 15.2 Å². The average Bonchev–Trinajstić information content (AvgIpc) is 3.34. The quantitative estimate of drug-likeness (QED) is 0.486. The van der Waals surface area contributed by atoms with Crippen LogP contribution in [0, 0.1) is 5.92 Å². The first kappa shape index (κ1) is 18.9. The Hall–Kier alpha value is -2.45. The SMILES string of the molecule is CC(CC=O)N(Nc1cccc(C(F)(F)F)c1NCC1CC1)C(=O)O. The zero-order valence-electron chi connectivity index (χ0n) is 13.6. The van der Waals surface area contributed by atoms with Crippen molar-refractivity contribution >= 4 is 23.8 Å². The molecular formula is C16H20F3N3O3. The van der Waals surface area contributed by atoms with Gasteiger partial charge in [-0.2, -0.15) is 13.2 Å². The van der Waals surface area contributed by atoms with Crippen molar-refractivity contribution in [2.75, 3.05) is 17.3 Å². The molecule has 1 atom stereocenters. The van der Waals surface area contributed by atoms with E-state index in [-0.39, 0.29) is 17.8 Å². The maximum atomic E-state index is 13.3. The van der Waals surface area contributed by atoms with Crippen molar-refractivity contribution in [1.82, 2.24) is 5.01 Å². The third-order valence-electron chi connectivity index (χ3n) is 3.96. The Labute approximate surface area is 143 Å². The molecule has 1 amide bonds. The summed E-state index contributed by atoms with van der Waals surface area (Å²) < 4.78 is 39.9. The van der Waals surface area contributed by atoms with Gasteiger partial charge in [-0.05, 0) is 37.8 Å². The standard InChI is InChI=1S/C16H20F3N3O3/c1-10(7-8-23)22(15(24)25)21-13-4-2-3-12(16(17,18)19)14(13)20-9-11-5-6-11/h2-4,8,10-11,20-21H,5-7,9H2,1H3,(H,24,25). The number of carbonyl (C=O) groups excluding carboxylic acids is 1. The molecule has 1 saturated carbocycles. The van der Waals surface area contributed by atoms with Crippen molar-refractivity contribution in [2.24, 2.45) is 5.92 Å². The van der Waals surface area contributed by atoms with E-state index in [1.165, 1.54) is 19.1 Å². The average molecular weight is 359 g/mol. The number of nitrogens with zero attached hydrogens (tertiary/aromatic N) is 1. The largest absolute Gasteiger partial charge is 0.464 e. The molecule has 9 heteroatoms. The molecule has 3 N–H and O–H groups in total. The Kier molecular flexibility index (Phi) is 5.76. The zero-order valence-corrected chi connectivity index (χ0v) is 13.6. The topological polar surface area (TPSA) is 81.7 Å². The lowest BCUT2D eigenvalue weighted by Crippen LogP contribution is -2.42. The lowest BCUT2D eigenvalue weighted by atomic mass is 10.1. The molecule has 1 aliphatic carbocycles. The molecule has 0 heterocycles. The maximum Gasteiger partial charge on any atom is 0.426 e. The number of hydrogen-bond acceptors (Lipinski definition) is 4. The van der Waals surface area contributed by atoms with Gasteiger partial charge in [0, 0.05) is 13.0 Å². The highest BCUT2D eigenvalue weighted by Gasteiger charge is 2.35. The van der Waals surface area contributed by atoms with Gasteiger partial charge in [0.1, 0.15) is 6.29 Å². The third-order valence-corrected chi connectivity index (χ3v) is 3.96. The van der Waals surface area contributed by atoms with Crippen LogP contribution in [0.2, 0.25) is 0 Å². The van der Waals surface area contributed by atoms with Gasteiger partial charge in [-0.25, -0.2) is 9.80 Å². The lowest BCUT2D eigenvalue weighted by molar-refractivity contribution is -0.136. The fourth-order valence-corrected chi connectivity index (χ4v) is 2.36. The fourth-order valence-electron chi connectivity index (χ4n) is 2.36. The summed E-state index contributed by atoms with van der Waals surface area (Å²) >= 11 is 0. The van der Waals surface area contributed by atoms with E-state index in [4.69, 9.17) is 0 Å². The highest BCUT2D eigenvalue weighted by Crippen LogP contribution is 2.40. The Morgan fingerprint density at radius 2 is 2.12 bits per heavy atom. The van der Waals surface area contributed by atoms with Crippen molar-refractivity contribution in [3.8, 4) is 0 Å². The Bertz CT molecular complexity index is 633. The van der Waals surface area contributed by atoms with Gasteiger partial charge in [-0.1, -0.05) is 6.07 Å². The van der Waals surface area contributed by atoms with E-state index in [1.54, 1.807) is 0 Å². The third kappa shape index (κ3) is 5.01. The summed E-state index contributed by atoms with van der Waals surface area (Å²) in [5, 5.41) is 12.8. The predicted molar refractivity (Wildman–Crippen MR) is 86.3 cm³/mol. The number of benzene rings is 1. The number of hydrazine groups is 1. The number of carboxylic acid groups (broad SMARTS) is 1. The van der Waals surface area contributed by atoms with Crippen LogP contribution in [0.15, 0.2) is 18.2 Å². The van der Waals surface area contributed by atoms with Gasteiger partial charge in [0.05, 0.1) is 23.0 Å². The minimum atomic E-state index is -4.58. The van der Waals surface area contributed by atoms with Crippen molar-refractivity contribution in [3.05, 3.63) is 23.8 Å². The van der Waals surface area contributed by atoms with Gasteiger partial charge in [-0.3, -0.25) is 5.43 Å². The first-order chi connectivity index (χ1) is 11.7. The first-order valence-corrected chi connectivity index (χ1v) is 7.90. The van der Waals surface area contributed by atoms with Gasteiger partial charge in [-0.15, -0.1) is 0 Å². The first-order valence-electron chi connectivity index (χ1n) is 7.90. The van der Waals surface area contributed by atoms with E-state index in [9.17, 15) is 27.9 Å². The van der Waals surface area contributed by atoms with Crippen molar-refractivity contribution in [1.29, 1.82) is 0 Å². The maximum absolute atomic E-state index is 13.3. The second kappa shape index (κ2) is 7.62. The number of aldehydes is 1. The summed E-state index contributed by atoms with van der Waals surface area (Å²) in [6.45, 7) is 1.87. The molecule has 1 fully saturated rings. The molecule has 1 aromatic rings. The molecule has 0 spiro atoms. The van der Waals surface area contributed by atoms with Gasteiger partial charge in [0.15, 0.2) is 0 Å². The molecule has 0 radical (unpaired) electrons. The van der Waals surface area contributed by atoms with E-state index in [0.29, 0.717) is 18.7 Å². The van der Waals surface area contributed by atoms with Crippen LogP contribution in [-0.4, -0.2) is 35.1 Å². The van der Waals surface area contributed by atoms with Crippen LogP contribution < -0.4 is 10.7 Å². The number of anilines is 2. The molecule has 1 aliphatic rings. The molecule has 6 nitrogen and oxygen atoms in total. The number of nitrogens with one attached hydrogen (secondary N) is 2. The van der Waals surface area contributed by atoms with E-state index in [1.807, 2.05) is 0 Å². The van der Waals surface area contributed by atoms with Crippen LogP contribution in [0.1, 0.15) is 31.7 Å². The second-order valence-corrected chi connectivity index (χ2v) is 6.07. The fraction of sp³-hybridized carbons (Fsp3) is 0.500. The number of amides is 1. The molecule has 0 aromatic heterocycles. The van der Waals surface area contributed by atoms with Crippen molar-refractivity contribution in [3.63, 3.8) is 0 Å². The van der Waals surface area contributed by atoms with Gasteiger partial charge >= 0.3 is 12.3 Å². The Morgan fingerprint density at radius 3 is 2.64 bits per heavy atom. The van der Waals surface area contributed by atoms with Crippen LogP contribution in [-0.2, 0) is 11.0 Å². The van der Waals surface area contributed by atoms with Gasteiger partial charge in [0.25, 0.3) is 0 Å². The van der Waals surface area contributed by atoms with E-state index in [2.05, 4.69) is 10.7 Å². The van der Waals surface area contributed by atoms with Crippen molar-refractivity contribution in [2.45, 2.75) is 38.4 Å². The minimum Gasteiger partial charge on any atom is -0.464 e. The number of para-hydroxylation sites is 1. The van der Waals surface area contributed by atoms with E-state index in [0.717, 1.165) is 23.9 Å². The highest BCUT2D eigenvalue weighted by atomic mass is 19.4. The number of alkyl halides is 3. The van der Waals surface area contributed by atoms with E-state index < -0.39 is 23.9 Å². The summed E-state index contributed by atoms with van der Waals surface area (Å²) in [4.78, 5) is 22.0.